The number of nitrogens with zero attached hydrogens (tertiary/aromatic N) is 2. The SMILES string of the molecule is CCOC(=O)c1c(NC(=O)CS(=O)(=O)c2nnc(-c3ccccc3C)o2)sc2c1CCCC2. The number of nitrogens with one attached hydrogen (secondary N) is 1. The summed E-state index contributed by atoms with van der Waals surface area (Å²) in [5.74, 6) is -2.15. The van der Waals surface area contributed by atoms with Gasteiger partial charge in [-0.3, -0.25) is 4.79 Å². The van der Waals surface area contributed by atoms with Gasteiger partial charge in [-0.2, -0.15) is 0 Å². The molecule has 1 aromatic carbocycles. The summed E-state index contributed by atoms with van der Waals surface area (Å²) in [5.41, 5.74) is 2.65. The molecule has 4 rings (SSSR count). The van der Waals surface area contributed by atoms with Gasteiger partial charge < -0.3 is 14.5 Å². The topological polar surface area (TPSA) is 128 Å². The molecule has 2 aromatic heterocycles. The number of carbonyl (C=O) groups is 2. The molecule has 1 aliphatic carbocycles. The van der Waals surface area contributed by atoms with Crippen LogP contribution in [0.15, 0.2) is 33.9 Å². The zero-order valence-electron chi connectivity index (χ0n) is 18.2. The van der Waals surface area contributed by atoms with Crippen molar-refractivity contribution in [2.45, 2.75) is 44.8 Å². The fourth-order valence-electron chi connectivity index (χ4n) is 3.73. The van der Waals surface area contributed by atoms with Crippen LogP contribution < -0.4 is 5.32 Å². The maximum Gasteiger partial charge on any atom is 0.341 e. The molecule has 0 radical (unpaired) electrons. The number of amides is 1. The molecule has 11 heteroatoms. The van der Waals surface area contributed by atoms with Crippen LogP contribution in [0, 0.1) is 6.92 Å². The number of ether oxygens (including phenoxy) is 1. The predicted molar refractivity (Wildman–Crippen MR) is 122 cm³/mol. The first kappa shape index (κ1) is 23.1. The molecule has 174 valence electrons. The average molecular weight is 490 g/mol. The van der Waals surface area contributed by atoms with E-state index in [1.807, 2.05) is 19.1 Å². The van der Waals surface area contributed by atoms with Crippen LogP contribution in [0.25, 0.3) is 11.5 Å². The van der Waals surface area contributed by atoms with E-state index in [0.29, 0.717) is 16.1 Å². The fraction of sp³-hybridized carbons (Fsp3) is 0.364. The molecule has 0 unspecified atom stereocenters. The lowest BCUT2D eigenvalue weighted by atomic mass is 9.95. The smallest absolute Gasteiger partial charge is 0.341 e. The first-order valence-electron chi connectivity index (χ1n) is 10.5. The third kappa shape index (κ3) is 4.83. The summed E-state index contributed by atoms with van der Waals surface area (Å²) in [6.07, 6.45) is 3.47. The van der Waals surface area contributed by atoms with Gasteiger partial charge in [0.1, 0.15) is 10.8 Å². The van der Waals surface area contributed by atoms with Crippen LogP contribution in [0.1, 0.15) is 46.1 Å². The summed E-state index contributed by atoms with van der Waals surface area (Å²) in [6, 6.07) is 7.18. The van der Waals surface area contributed by atoms with Crippen molar-refractivity contribution in [3.63, 3.8) is 0 Å². The summed E-state index contributed by atoms with van der Waals surface area (Å²) in [7, 11) is -4.19. The minimum Gasteiger partial charge on any atom is -0.462 e. The Hall–Kier alpha value is -3.05. The van der Waals surface area contributed by atoms with Gasteiger partial charge in [0.25, 0.3) is 0 Å². The highest BCUT2D eigenvalue weighted by Crippen LogP contribution is 2.38. The van der Waals surface area contributed by atoms with E-state index in [0.717, 1.165) is 41.7 Å². The molecule has 0 aliphatic heterocycles. The number of anilines is 1. The van der Waals surface area contributed by atoms with Crippen LogP contribution in [0.5, 0.6) is 0 Å². The van der Waals surface area contributed by atoms with Crippen molar-refractivity contribution in [2.75, 3.05) is 17.7 Å². The van der Waals surface area contributed by atoms with Crippen LogP contribution >= 0.6 is 11.3 Å². The van der Waals surface area contributed by atoms with Crippen LogP contribution in [-0.2, 0) is 32.2 Å². The lowest BCUT2D eigenvalue weighted by molar-refractivity contribution is -0.113. The maximum absolute atomic E-state index is 12.7. The number of esters is 1. The number of hydrogen-bond acceptors (Lipinski definition) is 9. The standard InChI is InChI=1S/C22H23N3O6S2/c1-3-30-21(27)18-15-10-6-7-11-16(15)32-20(18)23-17(26)12-33(28,29)22-25-24-19(31-22)14-9-5-4-8-13(14)2/h4-5,8-9H,3,6-7,10-12H2,1-2H3,(H,23,26). The van der Waals surface area contributed by atoms with Gasteiger partial charge in [0.2, 0.25) is 21.6 Å². The molecular weight excluding hydrogens is 466 g/mol. The number of rotatable bonds is 7. The number of carbonyl (C=O) groups excluding carboxylic acids is 2. The number of fused-ring (bicyclic) bond motifs is 1. The highest BCUT2D eigenvalue weighted by molar-refractivity contribution is 7.91. The van der Waals surface area contributed by atoms with Gasteiger partial charge in [-0.1, -0.05) is 23.3 Å². The van der Waals surface area contributed by atoms with Crippen molar-refractivity contribution in [1.82, 2.24) is 10.2 Å². The lowest BCUT2D eigenvalue weighted by Crippen LogP contribution is -2.24. The summed E-state index contributed by atoms with van der Waals surface area (Å²) in [6.45, 7) is 3.74. The number of hydrogen-bond donors (Lipinski definition) is 1. The molecule has 0 atom stereocenters. The predicted octanol–water partition coefficient (Wildman–Crippen LogP) is 3.57. The normalized spacial score (nSPS) is 13.4. The molecular formula is C22H23N3O6S2. The largest absolute Gasteiger partial charge is 0.462 e. The van der Waals surface area contributed by atoms with E-state index in [1.165, 1.54) is 11.3 Å². The Balaban J connectivity index is 1.54. The van der Waals surface area contributed by atoms with Gasteiger partial charge in [-0.25, -0.2) is 13.2 Å². The van der Waals surface area contributed by atoms with Crippen molar-refractivity contribution in [1.29, 1.82) is 0 Å². The molecule has 9 nitrogen and oxygen atoms in total. The molecule has 0 bridgehead atoms. The van der Waals surface area contributed by atoms with Crippen molar-refractivity contribution in [2.24, 2.45) is 0 Å². The van der Waals surface area contributed by atoms with E-state index in [2.05, 4.69) is 15.5 Å². The van der Waals surface area contributed by atoms with E-state index < -0.39 is 32.7 Å². The number of aryl methyl sites for hydroxylation is 2. The van der Waals surface area contributed by atoms with Gasteiger partial charge in [-0.15, -0.1) is 16.4 Å². The Labute approximate surface area is 195 Å². The molecule has 0 fully saturated rings. The van der Waals surface area contributed by atoms with Crippen LogP contribution in [0.4, 0.5) is 5.00 Å². The summed E-state index contributed by atoms with van der Waals surface area (Å²) in [5, 5.41) is 9.72. The van der Waals surface area contributed by atoms with E-state index in [1.54, 1.807) is 19.1 Å². The first-order valence-corrected chi connectivity index (χ1v) is 13.0. The zero-order valence-corrected chi connectivity index (χ0v) is 19.8. The van der Waals surface area contributed by atoms with Crippen LogP contribution in [-0.4, -0.2) is 42.9 Å². The van der Waals surface area contributed by atoms with Crippen molar-refractivity contribution in [3.05, 3.63) is 45.8 Å². The van der Waals surface area contributed by atoms with Crippen molar-refractivity contribution in [3.8, 4) is 11.5 Å². The van der Waals surface area contributed by atoms with E-state index in [4.69, 9.17) is 9.15 Å². The third-order valence-corrected chi connectivity index (χ3v) is 7.82. The van der Waals surface area contributed by atoms with Gasteiger partial charge in [0.15, 0.2) is 0 Å². The van der Waals surface area contributed by atoms with Crippen molar-refractivity contribution >= 4 is 38.1 Å². The Bertz CT molecular complexity index is 1310. The van der Waals surface area contributed by atoms with Crippen molar-refractivity contribution < 1.29 is 27.2 Å². The highest BCUT2D eigenvalue weighted by atomic mass is 32.2. The Morgan fingerprint density at radius 1 is 1.18 bits per heavy atom. The number of thiophene rings is 1. The molecule has 0 saturated heterocycles. The average Bonchev–Trinajstić information content (AvgIpc) is 3.39. The minimum absolute atomic E-state index is 0.0580. The number of aromatic nitrogens is 2. The van der Waals surface area contributed by atoms with Crippen LogP contribution in [0.3, 0.4) is 0 Å². The number of sulfone groups is 1. The summed E-state index contributed by atoms with van der Waals surface area (Å²) < 4.78 is 36.0. The van der Waals surface area contributed by atoms with Crippen LogP contribution in [0.2, 0.25) is 0 Å². The minimum atomic E-state index is -4.19. The molecule has 0 saturated carbocycles. The monoisotopic (exact) mass is 489 g/mol. The van der Waals surface area contributed by atoms with Gasteiger partial charge in [0.05, 0.1) is 12.2 Å². The van der Waals surface area contributed by atoms with E-state index in [-0.39, 0.29) is 12.5 Å². The maximum atomic E-state index is 12.7. The molecule has 2 heterocycles. The molecule has 3 aromatic rings. The Morgan fingerprint density at radius 3 is 2.70 bits per heavy atom. The zero-order chi connectivity index (χ0) is 23.6. The van der Waals surface area contributed by atoms with Gasteiger partial charge >= 0.3 is 11.2 Å². The summed E-state index contributed by atoms with van der Waals surface area (Å²) >= 11 is 1.29. The van der Waals surface area contributed by atoms with E-state index >= 15 is 0 Å². The second kappa shape index (κ2) is 9.44. The first-order chi connectivity index (χ1) is 15.8. The quantitative estimate of drug-likeness (QED) is 0.499. The van der Waals surface area contributed by atoms with E-state index in [9.17, 15) is 18.0 Å². The highest BCUT2D eigenvalue weighted by Gasteiger charge is 2.30. The summed E-state index contributed by atoms with van der Waals surface area (Å²) in [4.78, 5) is 26.2. The molecule has 1 amide bonds. The second-order valence-corrected chi connectivity index (χ2v) is 10.6. The molecule has 1 N–H and O–H groups in total. The Kier molecular flexibility index (Phi) is 6.61. The Morgan fingerprint density at radius 2 is 1.94 bits per heavy atom. The molecule has 33 heavy (non-hydrogen) atoms. The molecule has 0 spiro atoms. The third-order valence-electron chi connectivity index (χ3n) is 5.27. The second-order valence-electron chi connectivity index (χ2n) is 7.63. The lowest BCUT2D eigenvalue weighted by Gasteiger charge is -2.12. The van der Waals surface area contributed by atoms with Gasteiger partial charge in [0, 0.05) is 10.4 Å². The fourth-order valence-corrected chi connectivity index (χ4v) is 5.93. The molecule has 1 aliphatic rings. The van der Waals surface area contributed by atoms with Gasteiger partial charge in [-0.05, 0) is 56.7 Å². The number of benzene rings is 1.